The molecular formula is C9H20O2Si. The normalized spacial score (nSPS) is 24.2. The molecule has 1 saturated heterocycles. The first-order valence-corrected chi connectivity index (χ1v) is 6.92. The Morgan fingerprint density at radius 3 is 2.92 bits per heavy atom. The van der Waals surface area contributed by atoms with E-state index >= 15 is 0 Å². The van der Waals surface area contributed by atoms with E-state index in [4.69, 9.17) is 8.85 Å². The molecule has 1 rings (SSSR count). The molecule has 0 amide bonds. The molecule has 2 nitrogen and oxygen atoms in total. The Morgan fingerprint density at radius 2 is 2.25 bits per heavy atom. The molecule has 1 heterocycles. The van der Waals surface area contributed by atoms with Crippen LogP contribution in [0.1, 0.15) is 39.0 Å². The molecule has 72 valence electrons. The summed E-state index contributed by atoms with van der Waals surface area (Å²) in [7, 11) is -1.17. The van der Waals surface area contributed by atoms with Crippen molar-refractivity contribution >= 4 is 9.28 Å². The van der Waals surface area contributed by atoms with Crippen LogP contribution in [0.3, 0.4) is 0 Å². The van der Waals surface area contributed by atoms with Crippen molar-refractivity contribution in [2.45, 2.75) is 45.1 Å². The Bertz CT molecular complexity index is 103. The minimum Gasteiger partial charge on any atom is -0.397 e. The Kier molecular flexibility index (Phi) is 5.65. The van der Waals surface area contributed by atoms with Crippen LogP contribution in [-0.4, -0.2) is 22.5 Å². The third kappa shape index (κ3) is 4.23. The SMILES string of the molecule is CCCCCO[SiH]1CCCCO1. The van der Waals surface area contributed by atoms with Crippen LogP contribution in [0.15, 0.2) is 0 Å². The third-order valence-electron chi connectivity index (χ3n) is 2.19. The van der Waals surface area contributed by atoms with Crippen LogP contribution >= 0.6 is 0 Å². The lowest BCUT2D eigenvalue weighted by atomic mass is 10.3. The first-order valence-electron chi connectivity index (χ1n) is 5.16. The van der Waals surface area contributed by atoms with Crippen LogP contribution in [0.25, 0.3) is 0 Å². The molecule has 0 aromatic carbocycles. The van der Waals surface area contributed by atoms with E-state index in [1.54, 1.807) is 0 Å². The highest BCUT2D eigenvalue weighted by Gasteiger charge is 2.16. The van der Waals surface area contributed by atoms with Crippen molar-refractivity contribution in [1.29, 1.82) is 0 Å². The van der Waals surface area contributed by atoms with Crippen molar-refractivity contribution in [2.24, 2.45) is 0 Å². The lowest BCUT2D eigenvalue weighted by molar-refractivity contribution is 0.175. The maximum absolute atomic E-state index is 5.70. The van der Waals surface area contributed by atoms with E-state index in [1.165, 1.54) is 38.1 Å². The van der Waals surface area contributed by atoms with E-state index in [-0.39, 0.29) is 0 Å². The van der Waals surface area contributed by atoms with Gasteiger partial charge >= 0.3 is 9.28 Å². The zero-order valence-corrected chi connectivity index (χ0v) is 9.21. The van der Waals surface area contributed by atoms with Crippen molar-refractivity contribution in [3.05, 3.63) is 0 Å². The second-order valence-electron chi connectivity index (χ2n) is 3.37. The zero-order valence-electron chi connectivity index (χ0n) is 8.05. The van der Waals surface area contributed by atoms with Crippen molar-refractivity contribution in [3.8, 4) is 0 Å². The molecule has 3 heteroatoms. The Morgan fingerprint density at radius 1 is 1.33 bits per heavy atom. The molecule has 1 fully saturated rings. The molecule has 0 aliphatic carbocycles. The summed E-state index contributed by atoms with van der Waals surface area (Å²) < 4.78 is 11.3. The quantitative estimate of drug-likeness (QED) is 0.486. The highest BCUT2D eigenvalue weighted by atomic mass is 28.3. The van der Waals surface area contributed by atoms with Crippen LogP contribution in [0.5, 0.6) is 0 Å². The third-order valence-corrected chi connectivity index (χ3v) is 4.28. The molecule has 1 atom stereocenters. The average molecular weight is 188 g/mol. The van der Waals surface area contributed by atoms with Gasteiger partial charge in [-0.25, -0.2) is 0 Å². The molecule has 0 aromatic rings. The number of hydrogen-bond acceptors (Lipinski definition) is 2. The smallest absolute Gasteiger partial charge is 0.321 e. The summed E-state index contributed by atoms with van der Waals surface area (Å²) in [6.45, 7) is 4.10. The van der Waals surface area contributed by atoms with Crippen molar-refractivity contribution in [1.82, 2.24) is 0 Å². The number of rotatable bonds is 5. The average Bonchev–Trinajstić information content (AvgIpc) is 2.14. The number of hydrogen-bond donors (Lipinski definition) is 0. The summed E-state index contributed by atoms with van der Waals surface area (Å²) in [6.07, 6.45) is 6.34. The first kappa shape index (κ1) is 10.2. The second kappa shape index (κ2) is 6.63. The Hall–Kier alpha value is 0.137. The Balaban J connectivity index is 1.91. The molecule has 0 aromatic heterocycles. The largest absolute Gasteiger partial charge is 0.397 e. The summed E-state index contributed by atoms with van der Waals surface area (Å²) >= 11 is 0. The molecule has 0 bridgehead atoms. The van der Waals surface area contributed by atoms with E-state index in [1.807, 2.05) is 0 Å². The van der Waals surface area contributed by atoms with Gasteiger partial charge < -0.3 is 8.85 Å². The van der Waals surface area contributed by atoms with Gasteiger partial charge in [0.15, 0.2) is 0 Å². The maximum Gasteiger partial charge on any atom is 0.321 e. The molecular weight excluding hydrogens is 168 g/mol. The predicted octanol–water partition coefficient (Wildman–Crippen LogP) is 2.22. The van der Waals surface area contributed by atoms with Crippen LogP contribution in [-0.2, 0) is 8.85 Å². The Labute approximate surface area is 77.1 Å². The zero-order chi connectivity index (χ0) is 8.65. The summed E-state index contributed by atoms with van der Waals surface area (Å²) in [5, 5.41) is 0. The van der Waals surface area contributed by atoms with E-state index in [2.05, 4.69) is 6.92 Å². The van der Waals surface area contributed by atoms with Gasteiger partial charge in [0.2, 0.25) is 0 Å². The molecule has 0 N–H and O–H groups in total. The fourth-order valence-electron chi connectivity index (χ4n) is 1.41. The molecule has 1 unspecified atom stereocenters. The fraction of sp³-hybridized carbons (Fsp3) is 1.00. The van der Waals surface area contributed by atoms with Crippen LogP contribution in [0, 0.1) is 0 Å². The van der Waals surface area contributed by atoms with Gasteiger partial charge in [-0.2, -0.15) is 0 Å². The van der Waals surface area contributed by atoms with Crippen molar-refractivity contribution in [3.63, 3.8) is 0 Å². The summed E-state index contributed by atoms with van der Waals surface area (Å²) in [5.41, 5.74) is 0. The standard InChI is InChI=1S/C9H20O2Si/c1-2-3-4-7-10-12-9-6-5-8-11-12/h12H,2-9H2,1H3. The van der Waals surface area contributed by atoms with Gasteiger partial charge in [-0.3, -0.25) is 0 Å². The minimum absolute atomic E-state index is 0.935. The van der Waals surface area contributed by atoms with Crippen LogP contribution in [0.2, 0.25) is 6.04 Å². The van der Waals surface area contributed by atoms with Gasteiger partial charge in [-0.05, 0) is 25.3 Å². The molecule has 0 spiro atoms. The fourth-order valence-corrected chi connectivity index (χ4v) is 3.32. The predicted molar refractivity (Wildman–Crippen MR) is 52.6 cm³/mol. The van der Waals surface area contributed by atoms with Crippen LogP contribution in [0.4, 0.5) is 0 Å². The van der Waals surface area contributed by atoms with E-state index in [0.717, 1.165) is 13.2 Å². The van der Waals surface area contributed by atoms with E-state index < -0.39 is 9.28 Å². The monoisotopic (exact) mass is 188 g/mol. The summed E-state index contributed by atoms with van der Waals surface area (Å²) in [4.78, 5) is 0. The second-order valence-corrected chi connectivity index (χ2v) is 5.48. The van der Waals surface area contributed by atoms with Gasteiger partial charge in [-0.15, -0.1) is 0 Å². The van der Waals surface area contributed by atoms with Crippen LogP contribution < -0.4 is 0 Å². The molecule has 1 aliphatic heterocycles. The summed E-state index contributed by atoms with van der Waals surface area (Å²) in [6, 6.07) is 1.23. The van der Waals surface area contributed by atoms with Crippen molar-refractivity contribution in [2.75, 3.05) is 13.2 Å². The maximum atomic E-state index is 5.70. The molecule has 1 aliphatic rings. The van der Waals surface area contributed by atoms with Gasteiger partial charge in [0, 0.05) is 13.2 Å². The molecule has 0 saturated carbocycles. The first-order chi connectivity index (χ1) is 5.93. The van der Waals surface area contributed by atoms with E-state index in [0.29, 0.717) is 0 Å². The van der Waals surface area contributed by atoms with Gasteiger partial charge in [0.05, 0.1) is 0 Å². The van der Waals surface area contributed by atoms with Crippen molar-refractivity contribution < 1.29 is 8.85 Å². The lowest BCUT2D eigenvalue weighted by Gasteiger charge is -2.20. The minimum atomic E-state index is -1.17. The highest BCUT2D eigenvalue weighted by Crippen LogP contribution is 2.11. The molecule has 12 heavy (non-hydrogen) atoms. The van der Waals surface area contributed by atoms with Gasteiger partial charge in [0.1, 0.15) is 0 Å². The summed E-state index contributed by atoms with van der Waals surface area (Å²) in [5.74, 6) is 0. The van der Waals surface area contributed by atoms with Gasteiger partial charge in [-0.1, -0.05) is 19.8 Å². The lowest BCUT2D eigenvalue weighted by Crippen LogP contribution is -2.27. The highest BCUT2D eigenvalue weighted by molar-refractivity contribution is 6.44. The topological polar surface area (TPSA) is 18.5 Å². The van der Waals surface area contributed by atoms with Gasteiger partial charge in [0.25, 0.3) is 0 Å². The number of unbranched alkanes of at least 4 members (excludes halogenated alkanes) is 2. The van der Waals surface area contributed by atoms with E-state index in [9.17, 15) is 0 Å². The molecule has 0 radical (unpaired) electrons.